The maximum Gasteiger partial charge on any atom is 0.256 e. The summed E-state index contributed by atoms with van der Waals surface area (Å²) in [5.74, 6) is -0.800. The van der Waals surface area contributed by atoms with E-state index < -0.39 is 21.4 Å². The Bertz CT molecular complexity index is 848. The van der Waals surface area contributed by atoms with Gasteiger partial charge in [-0.3, -0.25) is 4.79 Å². The van der Waals surface area contributed by atoms with Gasteiger partial charge in [-0.1, -0.05) is 12.1 Å². The van der Waals surface area contributed by atoms with E-state index in [1.165, 1.54) is 18.4 Å². The zero-order valence-electron chi connectivity index (χ0n) is 16.1. The molecule has 6 nitrogen and oxygen atoms in total. The molecule has 1 amide bonds. The van der Waals surface area contributed by atoms with Gasteiger partial charge < -0.3 is 9.64 Å². The van der Waals surface area contributed by atoms with Crippen molar-refractivity contribution in [1.82, 2.24) is 9.21 Å². The molecule has 2 aliphatic heterocycles. The molecule has 8 heteroatoms. The van der Waals surface area contributed by atoms with Gasteiger partial charge in [-0.15, -0.1) is 0 Å². The molecule has 1 aromatic carbocycles. The predicted molar refractivity (Wildman–Crippen MR) is 103 cm³/mol. The number of hydrogen-bond donors (Lipinski definition) is 0. The van der Waals surface area contributed by atoms with Gasteiger partial charge in [-0.05, 0) is 50.7 Å². The fourth-order valence-corrected chi connectivity index (χ4v) is 6.13. The minimum Gasteiger partial charge on any atom is -0.375 e. The molecule has 154 valence electrons. The maximum absolute atomic E-state index is 13.9. The highest BCUT2D eigenvalue weighted by atomic mass is 32.2. The van der Waals surface area contributed by atoms with Gasteiger partial charge in [0.05, 0.1) is 17.4 Å². The molecule has 0 aromatic heterocycles. The number of likely N-dealkylation sites (tertiary alicyclic amines) is 1. The number of carbonyl (C=O) groups is 1. The first-order valence-electron chi connectivity index (χ1n) is 9.95. The molecule has 3 fully saturated rings. The van der Waals surface area contributed by atoms with Crippen LogP contribution in [0.4, 0.5) is 4.39 Å². The van der Waals surface area contributed by atoms with Gasteiger partial charge in [-0.25, -0.2) is 12.8 Å². The molecular formula is C20H27FN2O4S. The molecule has 2 heterocycles. The Balaban J connectivity index is 1.43. The lowest BCUT2D eigenvalue weighted by Crippen LogP contribution is -2.55. The van der Waals surface area contributed by atoms with Gasteiger partial charge in [-0.2, -0.15) is 4.31 Å². The van der Waals surface area contributed by atoms with Gasteiger partial charge in [0.2, 0.25) is 10.0 Å². The highest BCUT2D eigenvalue weighted by Gasteiger charge is 2.47. The maximum atomic E-state index is 13.9. The van der Waals surface area contributed by atoms with Crippen LogP contribution in [0.15, 0.2) is 24.3 Å². The molecule has 28 heavy (non-hydrogen) atoms. The molecule has 3 aliphatic rings. The van der Waals surface area contributed by atoms with E-state index in [9.17, 15) is 17.6 Å². The molecule has 0 bridgehead atoms. The van der Waals surface area contributed by atoms with E-state index in [0.29, 0.717) is 45.4 Å². The second kappa shape index (κ2) is 7.39. The number of ether oxygens (including phenoxy) is 1. The summed E-state index contributed by atoms with van der Waals surface area (Å²) in [5, 5.41) is 0. The summed E-state index contributed by atoms with van der Waals surface area (Å²) in [6.45, 7) is 1.51. The summed E-state index contributed by atoms with van der Waals surface area (Å²) >= 11 is 0. The van der Waals surface area contributed by atoms with Crippen molar-refractivity contribution in [2.24, 2.45) is 0 Å². The quantitative estimate of drug-likeness (QED) is 0.765. The van der Waals surface area contributed by atoms with Gasteiger partial charge in [0.1, 0.15) is 5.82 Å². The molecule has 4 rings (SSSR count). The second-order valence-electron chi connectivity index (χ2n) is 8.27. The largest absolute Gasteiger partial charge is 0.375 e. The molecular weight excluding hydrogens is 383 g/mol. The number of nitrogens with zero attached hydrogens (tertiary/aromatic N) is 2. The summed E-state index contributed by atoms with van der Waals surface area (Å²) in [5.41, 5.74) is -0.301. The minimum atomic E-state index is -3.25. The third kappa shape index (κ3) is 3.95. The van der Waals surface area contributed by atoms with Crippen molar-refractivity contribution in [2.45, 2.75) is 56.2 Å². The smallest absolute Gasteiger partial charge is 0.256 e. The van der Waals surface area contributed by atoms with Crippen molar-refractivity contribution >= 4 is 15.9 Å². The zero-order valence-corrected chi connectivity index (χ0v) is 17.0. The summed E-state index contributed by atoms with van der Waals surface area (Å²) in [6.07, 6.45) is 5.83. The first-order chi connectivity index (χ1) is 13.3. The highest BCUT2D eigenvalue weighted by Crippen LogP contribution is 2.41. The Morgan fingerprint density at radius 2 is 1.86 bits per heavy atom. The average molecular weight is 411 g/mol. The van der Waals surface area contributed by atoms with Crippen molar-refractivity contribution in [3.8, 4) is 0 Å². The van der Waals surface area contributed by atoms with E-state index in [2.05, 4.69) is 0 Å². The molecule has 1 unspecified atom stereocenters. The number of benzene rings is 1. The normalized spacial score (nSPS) is 25.2. The summed E-state index contributed by atoms with van der Waals surface area (Å²) in [6, 6.07) is 6.14. The van der Waals surface area contributed by atoms with Crippen LogP contribution in [0.25, 0.3) is 0 Å². The van der Waals surface area contributed by atoms with Crippen LogP contribution < -0.4 is 0 Å². The third-order valence-corrected chi connectivity index (χ3v) is 7.54. The lowest BCUT2D eigenvalue weighted by Gasteiger charge is -2.48. The molecule has 1 saturated carbocycles. The monoisotopic (exact) mass is 410 g/mol. The zero-order chi connectivity index (χ0) is 19.9. The molecule has 0 N–H and O–H groups in total. The van der Waals surface area contributed by atoms with Crippen LogP contribution in [-0.4, -0.2) is 67.2 Å². The summed E-state index contributed by atoms with van der Waals surface area (Å²) in [4.78, 5) is 14.3. The Labute approximate surface area is 165 Å². The van der Waals surface area contributed by atoms with E-state index in [0.717, 1.165) is 12.8 Å². The first-order valence-corrected chi connectivity index (χ1v) is 11.8. The SMILES string of the molecule is CS(=O)(=O)N(C1CC1)C1CCOC2(CCN(C(=O)c3ccccc3F)CC2)C1. The Morgan fingerprint density at radius 1 is 1.18 bits per heavy atom. The topological polar surface area (TPSA) is 66.9 Å². The minimum absolute atomic E-state index is 0.0370. The van der Waals surface area contributed by atoms with Crippen molar-refractivity contribution in [1.29, 1.82) is 0 Å². The molecule has 1 aromatic rings. The van der Waals surface area contributed by atoms with Gasteiger partial charge in [0.25, 0.3) is 5.91 Å². The average Bonchev–Trinajstić information content (AvgIpc) is 3.46. The van der Waals surface area contributed by atoms with Crippen LogP contribution in [0, 0.1) is 5.82 Å². The number of halogens is 1. The Morgan fingerprint density at radius 3 is 2.46 bits per heavy atom. The standard InChI is InChI=1S/C20H27FN2O4S/c1-28(25,26)23(15-6-7-15)16-8-13-27-20(14-16)9-11-22(12-10-20)19(24)17-4-2-3-5-18(17)21/h2-5,15-16H,6-14H2,1H3. The van der Waals surface area contributed by atoms with Crippen molar-refractivity contribution in [3.05, 3.63) is 35.6 Å². The lowest BCUT2D eigenvalue weighted by molar-refractivity contribution is -0.123. The van der Waals surface area contributed by atoms with Crippen LogP contribution in [0.2, 0.25) is 0 Å². The predicted octanol–water partition coefficient (Wildman–Crippen LogP) is 2.40. The fourth-order valence-electron chi connectivity index (χ4n) is 4.66. The number of carbonyl (C=O) groups excluding carboxylic acids is 1. The van der Waals surface area contributed by atoms with E-state index in [4.69, 9.17) is 4.74 Å². The number of rotatable bonds is 4. The van der Waals surface area contributed by atoms with Crippen LogP contribution in [0.3, 0.4) is 0 Å². The molecule has 1 spiro atoms. The summed E-state index contributed by atoms with van der Waals surface area (Å²) < 4.78 is 46.4. The van der Waals surface area contributed by atoms with Gasteiger partial charge >= 0.3 is 0 Å². The van der Waals surface area contributed by atoms with Crippen molar-refractivity contribution < 1.29 is 22.3 Å². The molecule has 1 aliphatic carbocycles. The van der Waals surface area contributed by atoms with Gasteiger partial charge in [0.15, 0.2) is 0 Å². The van der Waals surface area contributed by atoms with E-state index >= 15 is 0 Å². The van der Waals surface area contributed by atoms with E-state index in [1.807, 2.05) is 0 Å². The van der Waals surface area contributed by atoms with E-state index in [1.54, 1.807) is 21.3 Å². The van der Waals surface area contributed by atoms with Gasteiger partial charge in [0, 0.05) is 31.8 Å². The number of sulfonamides is 1. The van der Waals surface area contributed by atoms with E-state index in [-0.39, 0.29) is 23.6 Å². The molecule has 2 saturated heterocycles. The highest BCUT2D eigenvalue weighted by molar-refractivity contribution is 7.88. The van der Waals surface area contributed by atoms with Crippen LogP contribution in [-0.2, 0) is 14.8 Å². The lowest BCUT2D eigenvalue weighted by atomic mass is 9.82. The first kappa shape index (κ1) is 19.8. The van der Waals surface area contributed by atoms with Crippen LogP contribution in [0.5, 0.6) is 0 Å². The van der Waals surface area contributed by atoms with Crippen molar-refractivity contribution in [2.75, 3.05) is 26.0 Å². The van der Waals surface area contributed by atoms with Crippen LogP contribution >= 0.6 is 0 Å². The summed E-state index contributed by atoms with van der Waals surface area (Å²) in [7, 11) is -3.25. The third-order valence-electron chi connectivity index (χ3n) is 6.18. The number of piperidine rings is 1. The number of amides is 1. The molecule has 0 radical (unpaired) electrons. The Kier molecular flexibility index (Phi) is 5.22. The van der Waals surface area contributed by atoms with Crippen LogP contribution in [0.1, 0.15) is 48.9 Å². The second-order valence-corrected chi connectivity index (χ2v) is 10.2. The molecule has 1 atom stereocenters. The fraction of sp³-hybridized carbons (Fsp3) is 0.650. The Hall–Kier alpha value is -1.51. The van der Waals surface area contributed by atoms with Crippen molar-refractivity contribution in [3.63, 3.8) is 0 Å². The number of hydrogen-bond acceptors (Lipinski definition) is 4.